The molecule has 2 aromatic heterocycles. The summed E-state index contributed by atoms with van der Waals surface area (Å²) in [6.07, 6.45) is 3.03. The Bertz CT molecular complexity index is 1300. The topological polar surface area (TPSA) is 106 Å². The number of methoxy groups -OCH3 is 2. The number of amides is 2. The second kappa shape index (κ2) is 10.9. The van der Waals surface area contributed by atoms with E-state index in [0.717, 1.165) is 21.6 Å². The number of anilines is 2. The quantitative estimate of drug-likeness (QED) is 0.522. The molecular formula is C26H31N5O5S. The van der Waals surface area contributed by atoms with Crippen LogP contribution in [0.1, 0.15) is 28.9 Å². The molecule has 3 aromatic rings. The number of aromatic nitrogens is 2. The van der Waals surface area contributed by atoms with E-state index in [1.807, 2.05) is 11.8 Å². The van der Waals surface area contributed by atoms with Crippen molar-refractivity contribution in [3.05, 3.63) is 35.7 Å². The highest BCUT2D eigenvalue weighted by Crippen LogP contribution is 2.37. The van der Waals surface area contributed by atoms with Gasteiger partial charge in [-0.3, -0.25) is 9.59 Å². The van der Waals surface area contributed by atoms with Crippen molar-refractivity contribution in [3.8, 4) is 11.5 Å². The van der Waals surface area contributed by atoms with Crippen LogP contribution in [0.3, 0.4) is 0 Å². The van der Waals surface area contributed by atoms with Crippen LogP contribution in [0.15, 0.2) is 24.4 Å². The van der Waals surface area contributed by atoms with Crippen LogP contribution in [0.5, 0.6) is 11.5 Å². The standard InChI is InChI=1S/C26H31N5O5S/c1-16-22-23(19(15-27-25(22)37-29-16)26(33)31-10-12-36-13-11-31)30-8-6-17(7-9-30)24(32)28-18-4-5-20(34-2)21(14-18)35-3/h4-5,14-15,17H,6-13H2,1-3H3,(H,28,32). The van der Waals surface area contributed by atoms with Crippen molar-refractivity contribution in [2.45, 2.75) is 19.8 Å². The minimum Gasteiger partial charge on any atom is -0.493 e. The van der Waals surface area contributed by atoms with E-state index in [0.29, 0.717) is 75.0 Å². The average molecular weight is 526 g/mol. The zero-order valence-electron chi connectivity index (χ0n) is 21.3. The summed E-state index contributed by atoms with van der Waals surface area (Å²) in [5, 5.41) is 3.94. The Kier molecular flexibility index (Phi) is 7.43. The van der Waals surface area contributed by atoms with Gasteiger partial charge in [0.15, 0.2) is 11.5 Å². The smallest absolute Gasteiger partial charge is 0.257 e. The Labute approximate surface area is 219 Å². The van der Waals surface area contributed by atoms with Gasteiger partial charge in [-0.15, -0.1) is 0 Å². The van der Waals surface area contributed by atoms with E-state index in [1.54, 1.807) is 38.6 Å². The molecule has 10 nitrogen and oxygen atoms in total. The van der Waals surface area contributed by atoms with Crippen LogP contribution < -0.4 is 19.7 Å². The molecule has 0 spiro atoms. The molecule has 196 valence electrons. The van der Waals surface area contributed by atoms with Crippen LogP contribution in [0.4, 0.5) is 11.4 Å². The molecule has 0 saturated carbocycles. The number of hydrogen-bond donors (Lipinski definition) is 1. The molecule has 4 heterocycles. The summed E-state index contributed by atoms with van der Waals surface area (Å²) >= 11 is 1.34. The minimum absolute atomic E-state index is 0.0234. The first kappa shape index (κ1) is 25.2. The maximum absolute atomic E-state index is 13.5. The molecule has 1 aromatic carbocycles. The van der Waals surface area contributed by atoms with Crippen molar-refractivity contribution in [1.29, 1.82) is 0 Å². The van der Waals surface area contributed by atoms with Gasteiger partial charge in [0.25, 0.3) is 5.91 Å². The number of fused-ring (bicyclic) bond motifs is 1. The second-order valence-corrected chi connectivity index (χ2v) is 9.95. The molecule has 2 saturated heterocycles. The molecule has 2 amide bonds. The van der Waals surface area contributed by atoms with E-state index >= 15 is 0 Å². The molecule has 2 aliphatic rings. The average Bonchev–Trinajstić information content (AvgIpc) is 3.33. The largest absolute Gasteiger partial charge is 0.493 e. The van der Waals surface area contributed by atoms with Gasteiger partial charge in [-0.25, -0.2) is 4.98 Å². The summed E-state index contributed by atoms with van der Waals surface area (Å²) in [5.41, 5.74) is 3.00. The molecule has 0 unspecified atom stereocenters. The lowest BCUT2D eigenvalue weighted by Gasteiger charge is -2.35. The first-order chi connectivity index (χ1) is 18.0. The number of carbonyl (C=O) groups excluding carboxylic acids is 2. The fourth-order valence-corrected chi connectivity index (χ4v) is 5.73. The lowest BCUT2D eigenvalue weighted by atomic mass is 9.94. The van der Waals surface area contributed by atoms with Gasteiger partial charge in [0.2, 0.25) is 5.91 Å². The number of ether oxygens (including phenoxy) is 3. The first-order valence-electron chi connectivity index (χ1n) is 12.4. The highest BCUT2D eigenvalue weighted by molar-refractivity contribution is 7.13. The number of pyridine rings is 1. The molecule has 37 heavy (non-hydrogen) atoms. The molecule has 0 bridgehead atoms. The molecule has 0 radical (unpaired) electrons. The summed E-state index contributed by atoms with van der Waals surface area (Å²) in [6.45, 7) is 5.47. The lowest BCUT2D eigenvalue weighted by Crippen LogP contribution is -2.42. The first-order valence-corrected chi connectivity index (χ1v) is 13.2. The van der Waals surface area contributed by atoms with Crippen molar-refractivity contribution < 1.29 is 23.8 Å². The number of piperidine rings is 1. The number of benzene rings is 1. The third-order valence-corrected chi connectivity index (χ3v) is 7.86. The summed E-state index contributed by atoms with van der Waals surface area (Å²) in [7, 11) is 3.14. The van der Waals surface area contributed by atoms with Crippen molar-refractivity contribution in [3.63, 3.8) is 0 Å². The predicted molar refractivity (Wildman–Crippen MR) is 142 cm³/mol. The molecule has 2 aliphatic heterocycles. The molecule has 2 fully saturated rings. The molecule has 11 heteroatoms. The van der Waals surface area contributed by atoms with E-state index in [-0.39, 0.29) is 17.7 Å². The van der Waals surface area contributed by atoms with E-state index in [1.165, 1.54) is 11.5 Å². The van der Waals surface area contributed by atoms with Gasteiger partial charge in [0.1, 0.15) is 4.83 Å². The van der Waals surface area contributed by atoms with E-state index in [4.69, 9.17) is 14.2 Å². The number of nitrogens with zero attached hydrogens (tertiary/aromatic N) is 4. The monoisotopic (exact) mass is 525 g/mol. The highest BCUT2D eigenvalue weighted by atomic mass is 32.1. The number of aryl methyl sites for hydroxylation is 1. The van der Waals surface area contributed by atoms with E-state index < -0.39 is 0 Å². The number of hydrogen-bond acceptors (Lipinski definition) is 9. The van der Waals surface area contributed by atoms with Gasteiger partial charge in [0, 0.05) is 50.0 Å². The molecule has 0 atom stereocenters. The number of rotatable bonds is 6. The normalized spacial score (nSPS) is 16.6. The number of morpholine rings is 1. The summed E-state index contributed by atoms with van der Waals surface area (Å²) in [5.74, 6) is 0.977. The van der Waals surface area contributed by atoms with Crippen LogP contribution in [0, 0.1) is 12.8 Å². The Morgan fingerprint density at radius 2 is 1.81 bits per heavy atom. The van der Waals surface area contributed by atoms with Crippen molar-refractivity contribution in [1.82, 2.24) is 14.3 Å². The summed E-state index contributed by atoms with van der Waals surface area (Å²) < 4.78 is 20.6. The van der Waals surface area contributed by atoms with E-state index in [2.05, 4.69) is 19.6 Å². The fraction of sp³-hybridized carbons (Fsp3) is 0.462. The van der Waals surface area contributed by atoms with Crippen LogP contribution in [-0.4, -0.2) is 79.7 Å². The second-order valence-electron chi connectivity index (χ2n) is 9.19. The third-order valence-electron chi connectivity index (χ3n) is 7.01. The Morgan fingerprint density at radius 1 is 1.08 bits per heavy atom. The highest BCUT2D eigenvalue weighted by Gasteiger charge is 2.31. The minimum atomic E-state index is -0.137. The Balaban J connectivity index is 1.34. The van der Waals surface area contributed by atoms with Crippen molar-refractivity contribution in [2.24, 2.45) is 5.92 Å². The predicted octanol–water partition coefficient (Wildman–Crippen LogP) is 3.34. The van der Waals surface area contributed by atoms with Gasteiger partial charge in [-0.1, -0.05) is 0 Å². The zero-order valence-corrected chi connectivity index (χ0v) is 22.1. The third kappa shape index (κ3) is 5.05. The fourth-order valence-electron chi connectivity index (χ4n) is 4.98. The Morgan fingerprint density at radius 3 is 2.51 bits per heavy atom. The van der Waals surface area contributed by atoms with Gasteiger partial charge >= 0.3 is 0 Å². The van der Waals surface area contributed by atoms with E-state index in [9.17, 15) is 9.59 Å². The van der Waals surface area contributed by atoms with Gasteiger partial charge < -0.3 is 29.3 Å². The maximum atomic E-state index is 13.5. The van der Waals surface area contributed by atoms with Crippen LogP contribution in [0.25, 0.3) is 10.2 Å². The summed E-state index contributed by atoms with van der Waals surface area (Å²) in [6, 6.07) is 5.34. The maximum Gasteiger partial charge on any atom is 0.257 e. The zero-order chi connectivity index (χ0) is 25.9. The van der Waals surface area contributed by atoms with Gasteiger partial charge in [-0.2, -0.15) is 4.37 Å². The lowest BCUT2D eigenvalue weighted by molar-refractivity contribution is -0.120. The van der Waals surface area contributed by atoms with Gasteiger partial charge in [-0.05, 0) is 43.4 Å². The van der Waals surface area contributed by atoms with Crippen molar-refractivity contribution in [2.75, 3.05) is 63.8 Å². The summed E-state index contributed by atoms with van der Waals surface area (Å²) in [4.78, 5) is 36.0. The number of carbonyl (C=O) groups is 2. The Hall–Kier alpha value is -3.44. The van der Waals surface area contributed by atoms with Crippen LogP contribution >= 0.6 is 11.5 Å². The van der Waals surface area contributed by atoms with Crippen LogP contribution in [0.2, 0.25) is 0 Å². The molecule has 0 aliphatic carbocycles. The van der Waals surface area contributed by atoms with Gasteiger partial charge in [0.05, 0.1) is 49.8 Å². The van der Waals surface area contributed by atoms with Crippen LogP contribution in [-0.2, 0) is 9.53 Å². The SMILES string of the molecule is COc1ccc(NC(=O)C2CCN(c3c(C(=O)N4CCOCC4)cnc4snc(C)c34)CC2)cc1OC. The molecular weight excluding hydrogens is 494 g/mol. The molecule has 5 rings (SSSR count). The molecule has 1 N–H and O–H groups in total. The number of nitrogens with one attached hydrogen (secondary N) is 1. The van der Waals surface area contributed by atoms with Crippen molar-refractivity contribution >= 4 is 44.9 Å².